The number of aliphatic carboxylic acids is 1. The smallest absolute Gasteiger partial charge is 0.309 e. The van der Waals surface area contributed by atoms with Crippen LogP contribution in [-0.2, 0) is 11.2 Å². The van der Waals surface area contributed by atoms with Gasteiger partial charge in [-0.05, 0) is 18.2 Å². The summed E-state index contributed by atoms with van der Waals surface area (Å²) >= 11 is 6.01. The van der Waals surface area contributed by atoms with Gasteiger partial charge in [0.25, 0.3) is 0 Å². The van der Waals surface area contributed by atoms with Gasteiger partial charge in [0.05, 0.1) is 24.1 Å². The van der Waals surface area contributed by atoms with Gasteiger partial charge in [-0.3, -0.25) is 4.79 Å². The molecular weight excluding hydrogens is 230 g/mol. The number of rotatable bonds is 3. The third kappa shape index (κ3) is 1.84. The highest BCUT2D eigenvalue weighted by molar-refractivity contribution is 6.35. The number of hydrogen-bond donors (Lipinski definition) is 2. The molecule has 2 N–H and O–H groups in total. The van der Waals surface area contributed by atoms with Crippen molar-refractivity contribution < 1.29 is 14.6 Å². The van der Waals surface area contributed by atoms with Crippen LogP contribution < -0.4 is 4.74 Å². The van der Waals surface area contributed by atoms with Crippen molar-refractivity contribution >= 4 is 28.5 Å². The summed E-state index contributed by atoms with van der Waals surface area (Å²) in [4.78, 5) is 13.6. The van der Waals surface area contributed by atoms with Crippen LogP contribution in [0.1, 0.15) is 5.69 Å². The molecular formula is C11H10ClNO3. The first-order valence-corrected chi connectivity index (χ1v) is 5.05. The third-order valence-corrected chi connectivity index (χ3v) is 2.65. The van der Waals surface area contributed by atoms with Crippen LogP contribution in [0.5, 0.6) is 5.75 Å². The van der Waals surface area contributed by atoms with Gasteiger partial charge in [0, 0.05) is 11.1 Å². The highest BCUT2D eigenvalue weighted by Gasteiger charge is 2.11. The number of aromatic amines is 1. The molecule has 1 heterocycles. The zero-order chi connectivity index (χ0) is 11.7. The summed E-state index contributed by atoms with van der Waals surface area (Å²) in [7, 11) is 1.56. The number of halogens is 1. The van der Waals surface area contributed by atoms with E-state index in [-0.39, 0.29) is 6.42 Å². The number of carboxylic acids is 1. The zero-order valence-corrected chi connectivity index (χ0v) is 9.34. The third-order valence-electron chi connectivity index (χ3n) is 2.32. The highest BCUT2D eigenvalue weighted by atomic mass is 35.5. The molecule has 0 bridgehead atoms. The van der Waals surface area contributed by atoms with Crippen LogP contribution in [0.3, 0.4) is 0 Å². The number of aromatic nitrogens is 1. The maximum Gasteiger partial charge on any atom is 0.309 e. The number of carboxylic acid groups (broad SMARTS) is 1. The number of benzene rings is 1. The van der Waals surface area contributed by atoms with Crippen LogP contribution in [0.4, 0.5) is 0 Å². The van der Waals surface area contributed by atoms with Crippen LogP contribution in [0.2, 0.25) is 5.02 Å². The second kappa shape index (κ2) is 4.06. The summed E-state index contributed by atoms with van der Waals surface area (Å²) < 4.78 is 5.16. The molecule has 2 aromatic rings. The molecule has 0 unspecified atom stereocenters. The van der Waals surface area contributed by atoms with E-state index < -0.39 is 5.97 Å². The molecule has 0 aliphatic rings. The first kappa shape index (κ1) is 10.8. The summed E-state index contributed by atoms with van der Waals surface area (Å²) in [5, 5.41) is 10.1. The van der Waals surface area contributed by atoms with Crippen molar-refractivity contribution in [1.82, 2.24) is 4.98 Å². The lowest BCUT2D eigenvalue weighted by molar-refractivity contribution is -0.136. The minimum absolute atomic E-state index is 0.0613. The lowest BCUT2D eigenvalue weighted by atomic mass is 10.2. The molecule has 1 aromatic carbocycles. The van der Waals surface area contributed by atoms with Crippen LogP contribution in [-0.4, -0.2) is 23.2 Å². The summed E-state index contributed by atoms with van der Waals surface area (Å²) in [5.41, 5.74) is 1.33. The fraction of sp³-hybridized carbons (Fsp3) is 0.182. The quantitative estimate of drug-likeness (QED) is 0.865. The maximum atomic E-state index is 10.6. The Morgan fingerprint density at radius 1 is 1.56 bits per heavy atom. The van der Waals surface area contributed by atoms with Crippen molar-refractivity contribution in [3.8, 4) is 5.75 Å². The van der Waals surface area contributed by atoms with E-state index in [0.717, 1.165) is 10.9 Å². The van der Waals surface area contributed by atoms with Crippen molar-refractivity contribution in [1.29, 1.82) is 0 Å². The molecule has 0 fully saturated rings. The van der Waals surface area contributed by atoms with Gasteiger partial charge in [-0.1, -0.05) is 11.6 Å². The molecule has 0 atom stereocenters. The van der Waals surface area contributed by atoms with E-state index in [9.17, 15) is 4.79 Å². The Bertz CT molecular complexity index is 547. The van der Waals surface area contributed by atoms with E-state index in [0.29, 0.717) is 16.5 Å². The minimum Gasteiger partial charge on any atom is -0.495 e. The summed E-state index contributed by atoms with van der Waals surface area (Å²) in [6.07, 6.45) is -0.0613. The van der Waals surface area contributed by atoms with Gasteiger partial charge in [-0.15, -0.1) is 0 Å². The van der Waals surface area contributed by atoms with E-state index in [1.54, 1.807) is 25.3 Å². The number of H-pyrrole nitrogens is 1. The van der Waals surface area contributed by atoms with Crippen LogP contribution in [0.15, 0.2) is 18.2 Å². The number of hydrogen-bond acceptors (Lipinski definition) is 2. The molecule has 84 valence electrons. The van der Waals surface area contributed by atoms with Crippen molar-refractivity contribution in [2.45, 2.75) is 6.42 Å². The number of methoxy groups -OCH3 is 1. The summed E-state index contributed by atoms with van der Waals surface area (Å²) in [6.45, 7) is 0. The summed E-state index contributed by atoms with van der Waals surface area (Å²) in [5.74, 6) is -0.238. The molecule has 16 heavy (non-hydrogen) atoms. The molecule has 0 aliphatic carbocycles. The van der Waals surface area contributed by atoms with Gasteiger partial charge >= 0.3 is 5.97 Å². The van der Waals surface area contributed by atoms with Crippen molar-refractivity contribution in [2.24, 2.45) is 0 Å². The Hall–Kier alpha value is -1.68. The first-order valence-electron chi connectivity index (χ1n) is 4.67. The van der Waals surface area contributed by atoms with Crippen LogP contribution in [0.25, 0.3) is 10.9 Å². The fourth-order valence-electron chi connectivity index (χ4n) is 1.64. The molecule has 1 aromatic heterocycles. The number of carbonyl (C=O) groups is 1. The molecule has 0 saturated carbocycles. The minimum atomic E-state index is -0.887. The van der Waals surface area contributed by atoms with Crippen LogP contribution in [0, 0.1) is 0 Å². The van der Waals surface area contributed by atoms with Gasteiger partial charge in [0.1, 0.15) is 5.75 Å². The average Bonchev–Trinajstić information content (AvgIpc) is 2.62. The molecule has 0 saturated heterocycles. The van der Waals surface area contributed by atoms with Crippen LogP contribution >= 0.6 is 11.6 Å². The molecule has 2 rings (SSSR count). The lowest BCUT2D eigenvalue weighted by Crippen LogP contribution is -1.99. The molecule has 0 amide bonds. The Kier molecular flexibility index (Phi) is 2.75. The number of fused-ring (bicyclic) bond motifs is 1. The normalized spacial score (nSPS) is 10.6. The highest BCUT2D eigenvalue weighted by Crippen LogP contribution is 2.31. The van der Waals surface area contributed by atoms with Gasteiger partial charge in [0.2, 0.25) is 0 Å². The lowest BCUT2D eigenvalue weighted by Gasteiger charge is -2.01. The fourth-order valence-corrected chi connectivity index (χ4v) is 1.86. The van der Waals surface area contributed by atoms with E-state index in [1.807, 2.05) is 0 Å². The second-order valence-corrected chi connectivity index (χ2v) is 3.81. The molecule has 0 aliphatic heterocycles. The Balaban J connectivity index is 2.58. The maximum absolute atomic E-state index is 10.6. The topological polar surface area (TPSA) is 62.3 Å². The Morgan fingerprint density at radius 3 is 2.94 bits per heavy atom. The average molecular weight is 240 g/mol. The van der Waals surface area contributed by atoms with Crippen molar-refractivity contribution in [3.05, 3.63) is 28.9 Å². The molecule has 5 heteroatoms. The SMILES string of the molecule is COc1ccc(Cl)c2cc(CC(=O)O)[nH]c12. The standard InChI is InChI=1S/C11H10ClNO3/c1-16-9-3-2-8(12)7-4-6(5-10(14)15)13-11(7)9/h2-4,13H,5H2,1H3,(H,14,15). The van der Waals surface area contributed by atoms with E-state index >= 15 is 0 Å². The predicted molar refractivity (Wildman–Crippen MR) is 61.2 cm³/mol. The van der Waals surface area contributed by atoms with Gasteiger partial charge < -0.3 is 14.8 Å². The van der Waals surface area contributed by atoms with Gasteiger partial charge in [0.15, 0.2) is 0 Å². The Labute approximate surface area is 96.8 Å². The van der Waals surface area contributed by atoms with E-state index in [1.165, 1.54) is 0 Å². The number of ether oxygens (including phenoxy) is 1. The van der Waals surface area contributed by atoms with Gasteiger partial charge in [-0.25, -0.2) is 0 Å². The second-order valence-electron chi connectivity index (χ2n) is 3.40. The molecule has 0 spiro atoms. The first-order chi connectivity index (χ1) is 7.61. The molecule has 4 nitrogen and oxygen atoms in total. The van der Waals surface area contributed by atoms with Gasteiger partial charge in [-0.2, -0.15) is 0 Å². The Morgan fingerprint density at radius 2 is 2.31 bits per heavy atom. The number of nitrogens with one attached hydrogen (secondary N) is 1. The zero-order valence-electron chi connectivity index (χ0n) is 8.58. The van der Waals surface area contributed by atoms with E-state index in [2.05, 4.69) is 4.98 Å². The van der Waals surface area contributed by atoms with E-state index in [4.69, 9.17) is 21.4 Å². The van der Waals surface area contributed by atoms with Crippen molar-refractivity contribution in [2.75, 3.05) is 7.11 Å². The largest absolute Gasteiger partial charge is 0.495 e. The molecule has 0 radical (unpaired) electrons. The predicted octanol–water partition coefficient (Wildman–Crippen LogP) is 2.46. The monoisotopic (exact) mass is 239 g/mol. The van der Waals surface area contributed by atoms with Crippen molar-refractivity contribution in [3.63, 3.8) is 0 Å². The summed E-state index contributed by atoms with van der Waals surface area (Å²) in [6, 6.07) is 5.20.